The minimum atomic E-state index is -0.760. The number of hydrogen-bond donors (Lipinski definition) is 3. The van der Waals surface area contributed by atoms with Crippen molar-refractivity contribution in [3.63, 3.8) is 0 Å². The molecule has 0 amide bonds. The summed E-state index contributed by atoms with van der Waals surface area (Å²) in [6.07, 6.45) is 0. The van der Waals surface area contributed by atoms with Gasteiger partial charge in [-0.05, 0) is 18.4 Å². The fraction of sp³-hybridized carbons (Fsp3) is 0.353. The van der Waals surface area contributed by atoms with Gasteiger partial charge in [-0.15, -0.1) is 4.73 Å². The molecule has 0 spiro atoms. The lowest BCUT2D eigenvalue weighted by molar-refractivity contribution is 0.0632. The van der Waals surface area contributed by atoms with E-state index < -0.39 is 17.7 Å². The van der Waals surface area contributed by atoms with Crippen LogP contribution < -0.4 is 10.6 Å². The lowest BCUT2D eigenvalue weighted by Crippen LogP contribution is -2.35. The van der Waals surface area contributed by atoms with Crippen LogP contribution >= 0.6 is 0 Å². The van der Waals surface area contributed by atoms with Crippen LogP contribution in [0, 0.1) is 12.8 Å². The number of carbonyl (C=O) groups excluding carboxylic acids is 1. The van der Waals surface area contributed by atoms with Gasteiger partial charge >= 0.3 is 0 Å². The smallest absolute Gasteiger partial charge is 0.240 e. The van der Waals surface area contributed by atoms with Gasteiger partial charge in [-0.25, -0.2) is 0 Å². The maximum atomic E-state index is 12.4. The molecule has 1 heterocycles. The van der Waals surface area contributed by atoms with Gasteiger partial charge in [-0.1, -0.05) is 44.2 Å². The van der Waals surface area contributed by atoms with Crippen molar-refractivity contribution < 1.29 is 19.8 Å². The van der Waals surface area contributed by atoms with Crippen molar-refractivity contribution in [2.45, 2.75) is 33.4 Å². The summed E-state index contributed by atoms with van der Waals surface area (Å²) in [7, 11) is 0. The molecule has 124 valence electrons. The number of hydrogen-bond acceptors (Lipinski definition) is 5. The van der Waals surface area contributed by atoms with E-state index in [1.807, 2.05) is 44.2 Å². The zero-order valence-corrected chi connectivity index (χ0v) is 13.5. The van der Waals surface area contributed by atoms with Crippen molar-refractivity contribution in [2.24, 2.45) is 11.7 Å². The standard InChI is InChI=1S/C17H22N2O4/c1-10(2)14(18)15(20)13-11(3)16(21)19(17(13)22)23-9-12-7-5-4-6-8-12/h4-8,10,14,21-22H,9,18H2,1-3H3/t14-/m0/s1. The van der Waals surface area contributed by atoms with Gasteiger partial charge in [0.05, 0.1) is 11.6 Å². The highest BCUT2D eigenvalue weighted by Gasteiger charge is 2.30. The molecule has 23 heavy (non-hydrogen) atoms. The molecule has 6 nitrogen and oxygen atoms in total. The molecule has 1 atom stereocenters. The summed E-state index contributed by atoms with van der Waals surface area (Å²) in [5.74, 6) is -1.25. The molecule has 4 N–H and O–H groups in total. The molecular formula is C17H22N2O4. The number of nitrogens with zero attached hydrogens (tertiary/aromatic N) is 1. The van der Waals surface area contributed by atoms with Gasteiger partial charge in [-0.2, -0.15) is 0 Å². The third-order valence-corrected chi connectivity index (χ3v) is 3.79. The minimum absolute atomic E-state index is 0.00300. The summed E-state index contributed by atoms with van der Waals surface area (Å²) < 4.78 is 0.864. The van der Waals surface area contributed by atoms with E-state index in [0.29, 0.717) is 0 Å². The second kappa shape index (κ2) is 6.75. The average Bonchev–Trinajstić information content (AvgIpc) is 2.75. The predicted molar refractivity (Wildman–Crippen MR) is 86.4 cm³/mol. The van der Waals surface area contributed by atoms with E-state index in [9.17, 15) is 15.0 Å². The summed E-state index contributed by atoms with van der Waals surface area (Å²) >= 11 is 0. The van der Waals surface area contributed by atoms with E-state index in [0.717, 1.165) is 10.3 Å². The summed E-state index contributed by atoms with van der Waals surface area (Å²) in [6, 6.07) is 8.54. The molecular weight excluding hydrogens is 296 g/mol. The highest BCUT2D eigenvalue weighted by atomic mass is 16.7. The molecule has 2 aromatic rings. The second-order valence-corrected chi connectivity index (χ2v) is 5.83. The highest BCUT2D eigenvalue weighted by Crippen LogP contribution is 2.33. The maximum absolute atomic E-state index is 12.4. The van der Waals surface area contributed by atoms with Crippen LogP contribution in [-0.2, 0) is 6.61 Å². The monoisotopic (exact) mass is 318 g/mol. The molecule has 0 saturated carbocycles. The Bertz CT molecular complexity index is 692. The Labute approximate surface area is 135 Å². The van der Waals surface area contributed by atoms with E-state index in [2.05, 4.69) is 0 Å². The third-order valence-electron chi connectivity index (χ3n) is 3.79. The number of carbonyl (C=O) groups is 1. The first-order valence-corrected chi connectivity index (χ1v) is 7.44. The Morgan fingerprint density at radius 3 is 2.39 bits per heavy atom. The van der Waals surface area contributed by atoms with E-state index in [1.54, 1.807) is 0 Å². The molecule has 6 heteroatoms. The normalized spacial score (nSPS) is 12.4. The number of Topliss-reactive ketones (excluding diaryl/α,β-unsaturated/α-hetero) is 1. The Morgan fingerprint density at radius 2 is 1.83 bits per heavy atom. The SMILES string of the molecule is Cc1c(C(=O)[C@@H](N)C(C)C)c(O)n(OCc2ccccc2)c1O. The molecule has 0 bridgehead atoms. The molecule has 0 saturated heterocycles. The number of benzene rings is 1. The molecule has 0 aliphatic carbocycles. The first kappa shape index (κ1) is 16.9. The second-order valence-electron chi connectivity index (χ2n) is 5.83. The largest absolute Gasteiger partial charge is 0.492 e. The lowest BCUT2D eigenvalue weighted by atomic mass is 9.95. The van der Waals surface area contributed by atoms with Gasteiger partial charge < -0.3 is 20.8 Å². The lowest BCUT2D eigenvalue weighted by Gasteiger charge is -2.14. The zero-order valence-electron chi connectivity index (χ0n) is 13.5. The van der Waals surface area contributed by atoms with Crippen LogP contribution in [0.15, 0.2) is 30.3 Å². The van der Waals surface area contributed by atoms with Crippen LogP contribution in [0.1, 0.15) is 35.3 Å². The van der Waals surface area contributed by atoms with Crippen LogP contribution in [0.4, 0.5) is 0 Å². The van der Waals surface area contributed by atoms with Crippen molar-refractivity contribution in [2.75, 3.05) is 0 Å². The summed E-state index contributed by atoms with van der Waals surface area (Å²) in [5.41, 5.74) is 6.97. The Morgan fingerprint density at radius 1 is 1.22 bits per heavy atom. The number of rotatable bonds is 6. The summed E-state index contributed by atoms with van der Waals surface area (Å²) in [4.78, 5) is 17.8. The van der Waals surface area contributed by atoms with E-state index in [-0.39, 0.29) is 29.5 Å². The fourth-order valence-corrected chi connectivity index (χ4v) is 2.23. The van der Waals surface area contributed by atoms with Gasteiger partial charge in [0, 0.05) is 5.56 Å². The van der Waals surface area contributed by atoms with E-state index in [4.69, 9.17) is 10.6 Å². The predicted octanol–water partition coefficient (Wildman–Crippen LogP) is 2.00. The quantitative estimate of drug-likeness (QED) is 0.708. The molecule has 2 rings (SSSR count). The summed E-state index contributed by atoms with van der Waals surface area (Å²) in [5, 5.41) is 20.4. The van der Waals surface area contributed by atoms with Gasteiger partial charge in [0.1, 0.15) is 6.61 Å². The molecule has 0 radical (unpaired) electrons. The number of aromatic nitrogens is 1. The molecule has 0 aliphatic heterocycles. The molecule has 0 aliphatic rings. The average molecular weight is 318 g/mol. The molecule has 0 unspecified atom stereocenters. The first-order valence-electron chi connectivity index (χ1n) is 7.44. The van der Waals surface area contributed by atoms with Gasteiger partial charge in [0.15, 0.2) is 5.78 Å². The first-order chi connectivity index (χ1) is 10.8. The van der Waals surface area contributed by atoms with E-state index >= 15 is 0 Å². The molecule has 1 aromatic carbocycles. The number of ketones is 1. The van der Waals surface area contributed by atoms with Gasteiger partial charge in [-0.3, -0.25) is 4.79 Å². The van der Waals surface area contributed by atoms with Gasteiger partial charge in [0.25, 0.3) is 0 Å². The minimum Gasteiger partial charge on any atom is -0.492 e. The number of nitrogens with two attached hydrogens (primary N) is 1. The molecule has 0 fully saturated rings. The van der Waals surface area contributed by atoms with Crippen LogP contribution in [0.25, 0.3) is 0 Å². The third kappa shape index (κ3) is 3.32. The van der Waals surface area contributed by atoms with Crippen molar-refractivity contribution in [3.05, 3.63) is 47.0 Å². The Hall–Kier alpha value is -2.47. The topological polar surface area (TPSA) is 97.7 Å². The van der Waals surface area contributed by atoms with Crippen LogP contribution in [0.3, 0.4) is 0 Å². The van der Waals surface area contributed by atoms with Crippen LogP contribution in [0.2, 0.25) is 0 Å². The van der Waals surface area contributed by atoms with Crippen LogP contribution in [-0.4, -0.2) is 26.8 Å². The highest BCUT2D eigenvalue weighted by molar-refractivity contribution is 6.04. The van der Waals surface area contributed by atoms with Gasteiger partial charge in [0.2, 0.25) is 11.8 Å². The van der Waals surface area contributed by atoms with Crippen molar-refractivity contribution in [3.8, 4) is 11.8 Å². The maximum Gasteiger partial charge on any atom is 0.240 e. The molecule has 1 aromatic heterocycles. The Balaban J connectivity index is 2.29. The fourth-order valence-electron chi connectivity index (χ4n) is 2.23. The van der Waals surface area contributed by atoms with Crippen LogP contribution in [0.5, 0.6) is 11.8 Å². The zero-order chi connectivity index (χ0) is 17.1. The summed E-state index contributed by atoms with van der Waals surface area (Å²) in [6.45, 7) is 5.31. The van der Waals surface area contributed by atoms with E-state index in [1.165, 1.54) is 6.92 Å². The van der Waals surface area contributed by atoms with Crippen molar-refractivity contribution in [1.82, 2.24) is 4.73 Å². The number of aromatic hydroxyl groups is 2. The van der Waals surface area contributed by atoms with Crippen molar-refractivity contribution in [1.29, 1.82) is 0 Å². The van der Waals surface area contributed by atoms with Crippen molar-refractivity contribution >= 4 is 5.78 Å². The Kier molecular flexibility index (Phi) is 4.95.